The fourth-order valence-corrected chi connectivity index (χ4v) is 2.25. The van der Waals surface area contributed by atoms with E-state index in [9.17, 15) is 0 Å². The lowest BCUT2D eigenvalue weighted by atomic mass is 10.1. The van der Waals surface area contributed by atoms with E-state index in [0.29, 0.717) is 12.4 Å². The number of aromatic nitrogens is 1. The van der Waals surface area contributed by atoms with Gasteiger partial charge in [0.1, 0.15) is 5.75 Å². The first-order valence-electron chi connectivity index (χ1n) is 6.68. The van der Waals surface area contributed by atoms with Crippen molar-refractivity contribution in [1.82, 2.24) is 4.98 Å². The van der Waals surface area contributed by atoms with Gasteiger partial charge >= 0.3 is 0 Å². The summed E-state index contributed by atoms with van der Waals surface area (Å²) in [4.78, 5) is 4.32. The fraction of sp³-hybridized carbons (Fsp3) is 0.118. The molecule has 3 aromatic rings. The van der Waals surface area contributed by atoms with Crippen LogP contribution in [0.4, 0.5) is 0 Å². The Morgan fingerprint density at radius 1 is 0.950 bits per heavy atom. The van der Waals surface area contributed by atoms with E-state index in [2.05, 4.69) is 23.2 Å². The van der Waals surface area contributed by atoms with Crippen LogP contribution >= 0.6 is 0 Å². The van der Waals surface area contributed by atoms with Crippen LogP contribution in [0.3, 0.4) is 0 Å². The standard InChI is InChI=1S/C17H16N2O/c18-11-10-14-7-4-12-19-17(14)20-16-9-3-6-13-5-1-2-8-15(13)16/h1-9,12H,10-11,18H2. The molecule has 0 bridgehead atoms. The topological polar surface area (TPSA) is 48.1 Å². The van der Waals surface area contributed by atoms with Crippen LogP contribution in [0.5, 0.6) is 11.6 Å². The summed E-state index contributed by atoms with van der Waals surface area (Å²) in [6.45, 7) is 0.581. The van der Waals surface area contributed by atoms with Gasteiger partial charge in [-0.1, -0.05) is 42.5 Å². The van der Waals surface area contributed by atoms with Crippen molar-refractivity contribution in [2.75, 3.05) is 6.54 Å². The second-order valence-corrected chi connectivity index (χ2v) is 4.59. The van der Waals surface area contributed by atoms with Crippen molar-refractivity contribution in [2.45, 2.75) is 6.42 Å². The van der Waals surface area contributed by atoms with Crippen LogP contribution in [0.1, 0.15) is 5.56 Å². The molecule has 2 N–H and O–H groups in total. The number of benzene rings is 2. The maximum Gasteiger partial charge on any atom is 0.222 e. The highest BCUT2D eigenvalue weighted by Crippen LogP contribution is 2.30. The molecular weight excluding hydrogens is 248 g/mol. The van der Waals surface area contributed by atoms with E-state index in [0.717, 1.165) is 28.5 Å². The minimum absolute atomic E-state index is 0.581. The highest BCUT2D eigenvalue weighted by Gasteiger charge is 2.07. The molecule has 20 heavy (non-hydrogen) atoms. The lowest BCUT2D eigenvalue weighted by Gasteiger charge is -2.11. The quantitative estimate of drug-likeness (QED) is 0.784. The Balaban J connectivity index is 2.01. The molecule has 0 atom stereocenters. The molecule has 0 saturated carbocycles. The number of hydrogen-bond acceptors (Lipinski definition) is 3. The van der Waals surface area contributed by atoms with Crippen molar-refractivity contribution in [3.8, 4) is 11.6 Å². The minimum atomic E-state index is 0.581. The molecule has 3 heteroatoms. The first kappa shape index (κ1) is 12.6. The molecule has 2 aromatic carbocycles. The highest BCUT2D eigenvalue weighted by molar-refractivity contribution is 5.88. The summed E-state index contributed by atoms with van der Waals surface area (Å²) in [5, 5.41) is 2.24. The Morgan fingerprint density at radius 2 is 1.80 bits per heavy atom. The molecule has 1 heterocycles. The van der Waals surface area contributed by atoms with E-state index >= 15 is 0 Å². The number of fused-ring (bicyclic) bond motifs is 1. The second-order valence-electron chi connectivity index (χ2n) is 4.59. The Kier molecular flexibility index (Phi) is 3.61. The smallest absolute Gasteiger partial charge is 0.222 e. The maximum atomic E-state index is 6.01. The molecule has 1 aromatic heterocycles. The number of ether oxygens (including phenoxy) is 1. The predicted octanol–water partition coefficient (Wildman–Crippen LogP) is 3.53. The highest BCUT2D eigenvalue weighted by atomic mass is 16.5. The van der Waals surface area contributed by atoms with Crippen molar-refractivity contribution in [2.24, 2.45) is 5.73 Å². The first-order valence-corrected chi connectivity index (χ1v) is 6.68. The van der Waals surface area contributed by atoms with Gasteiger partial charge in [0.15, 0.2) is 0 Å². The third-order valence-electron chi connectivity index (χ3n) is 3.22. The van der Waals surface area contributed by atoms with E-state index in [4.69, 9.17) is 10.5 Å². The maximum absolute atomic E-state index is 6.01. The minimum Gasteiger partial charge on any atom is -0.438 e. The zero-order valence-corrected chi connectivity index (χ0v) is 11.1. The van der Waals surface area contributed by atoms with Gasteiger partial charge in [-0.05, 0) is 30.5 Å². The van der Waals surface area contributed by atoms with Gasteiger partial charge in [-0.25, -0.2) is 4.98 Å². The van der Waals surface area contributed by atoms with Crippen LogP contribution in [-0.4, -0.2) is 11.5 Å². The van der Waals surface area contributed by atoms with Gasteiger partial charge in [0.2, 0.25) is 5.88 Å². The summed E-state index contributed by atoms with van der Waals surface area (Å²) >= 11 is 0. The monoisotopic (exact) mass is 264 g/mol. The largest absolute Gasteiger partial charge is 0.438 e. The molecule has 0 aliphatic carbocycles. The van der Waals surface area contributed by atoms with E-state index in [-0.39, 0.29) is 0 Å². The molecule has 0 saturated heterocycles. The molecule has 0 spiro atoms. The molecule has 0 aliphatic heterocycles. The number of nitrogens with two attached hydrogens (primary N) is 1. The number of pyridine rings is 1. The van der Waals surface area contributed by atoms with E-state index < -0.39 is 0 Å². The van der Waals surface area contributed by atoms with Crippen LogP contribution in [-0.2, 0) is 6.42 Å². The van der Waals surface area contributed by atoms with Gasteiger partial charge in [0, 0.05) is 17.1 Å². The summed E-state index contributed by atoms with van der Waals surface area (Å²) in [5.41, 5.74) is 6.66. The SMILES string of the molecule is NCCc1cccnc1Oc1cccc2ccccc12. The third-order valence-corrected chi connectivity index (χ3v) is 3.22. The van der Waals surface area contributed by atoms with Gasteiger partial charge < -0.3 is 10.5 Å². The summed E-state index contributed by atoms with van der Waals surface area (Å²) in [5.74, 6) is 1.45. The van der Waals surface area contributed by atoms with Gasteiger partial charge in [-0.3, -0.25) is 0 Å². The van der Waals surface area contributed by atoms with Crippen molar-refractivity contribution in [3.05, 3.63) is 66.4 Å². The molecular formula is C17H16N2O. The summed E-state index contributed by atoms with van der Waals surface area (Å²) in [6, 6.07) is 18.1. The van der Waals surface area contributed by atoms with Gasteiger partial charge in [0.05, 0.1) is 0 Å². The average molecular weight is 264 g/mol. The lowest BCUT2D eigenvalue weighted by Crippen LogP contribution is -2.04. The summed E-state index contributed by atoms with van der Waals surface area (Å²) in [7, 11) is 0. The number of rotatable bonds is 4. The zero-order valence-electron chi connectivity index (χ0n) is 11.1. The van der Waals surface area contributed by atoms with E-state index in [1.165, 1.54) is 0 Å². The molecule has 0 aliphatic rings. The predicted molar refractivity (Wildman–Crippen MR) is 81.0 cm³/mol. The second kappa shape index (κ2) is 5.72. The molecule has 0 amide bonds. The molecule has 3 rings (SSSR count). The van der Waals surface area contributed by atoms with Crippen LogP contribution in [0.2, 0.25) is 0 Å². The molecule has 3 nitrogen and oxygen atoms in total. The van der Waals surface area contributed by atoms with Crippen molar-refractivity contribution in [1.29, 1.82) is 0 Å². The Labute approximate surface area is 118 Å². The lowest BCUT2D eigenvalue weighted by molar-refractivity contribution is 0.461. The summed E-state index contributed by atoms with van der Waals surface area (Å²) in [6.07, 6.45) is 2.49. The van der Waals surface area contributed by atoms with Gasteiger partial charge in [0.25, 0.3) is 0 Å². The van der Waals surface area contributed by atoms with E-state index in [1.54, 1.807) is 6.20 Å². The fourth-order valence-electron chi connectivity index (χ4n) is 2.25. The summed E-state index contributed by atoms with van der Waals surface area (Å²) < 4.78 is 6.01. The number of nitrogens with zero attached hydrogens (tertiary/aromatic N) is 1. The van der Waals surface area contributed by atoms with Crippen molar-refractivity contribution in [3.63, 3.8) is 0 Å². The van der Waals surface area contributed by atoms with Crippen LogP contribution < -0.4 is 10.5 Å². The van der Waals surface area contributed by atoms with Crippen LogP contribution in [0, 0.1) is 0 Å². The first-order chi connectivity index (χ1) is 9.88. The molecule has 0 fully saturated rings. The Hall–Kier alpha value is -2.39. The van der Waals surface area contributed by atoms with Crippen molar-refractivity contribution >= 4 is 10.8 Å². The third kappa shape index (κ3) is 2.49. The van der Waals surface area contributed by atoms with Crippen molar-refractivity contribution < 1.29 is 4.74 Å². The Bertz CT molecular complexity index is 720. The molecule has 100 valence electrons. The Morgan fingerprint density at radius 3 is 2.70 bits per heavy atom. The van der Waals surface area contributed by atoms with E-state index in [1.807, 2.05) is 36.4 Å². The van der Waals surface area contributed by atoms with Gasteiger partial charge in [-0.2, -0.15) is 0 Å². The number of hydrogen-bond donors (Lipinski definition) is 1. The molecule has 0 unspecified atom stereocenters. The zero-order chi connectivity index (χ0) is 13.8. The molecule has 0 radical (unpaired) electrons. The van der Waals surface area contributed by atoms with Gasteiger partial charge in [-0.15, -0.1) is 0 Å². The van der Waals surface area contributed by atoms with Crippen LogP contribution in [0.15, 0.2) is 60.8 Å². The van der Waals surface area contributed by atoms with Crippen LogP contribution in [0.25, 0.3) is 10.8 Å². The average Bonchev–Trinajstić information content (AvgIpc) is 2.50. The normalized spacial score (nSPS) is 10.7.